The zero-order chi connectivity index (χ0) is 12.2. The van der Waals surface area contributed by atoms with E-state index in [0.717, 1.165) is 5.69 Å². The van der Waals surface area contributed by atoms with Gasteiger partial charge in [-0.2, -0.15) is 0 Å². The van der Waals surface area contributed by atoms with Crippen LogP contribution in [0.15, 0.2) is 12.5 Å². The molecule has 5 heteroatoms. The molecule has 0 spiro atoms. The van der Waals surface area contributed by atoms with Crippen LogP contribution in [0, 0.1) is 0 Å². The Morgan fingerprint density at radius 3 is 2.81 bits per heavy atom. The van der Waals surface area contributed by atoms with Gasteiger partial charge >= 0.3 is 5.97 Å². The normalized spacial score (nSPS) is 11.5. The quantitative estimate of drug-likeness (QED) is 0.775. The van der Waals surface area contributed by atoms with Crippen molar-refractivity contribution < 1.29 is 9.53 Å². The van der Waals surface area contributed by atoms with Crippen molar-refractivity contribution in [2.75, 3.05) is 7.11 Å². The number of nitrogens with one attached hydrogen (secondary N) is 1. The van der Waals surface area contributed by atoms with Gasteiger partial charge in [-0.1, -0.05) is 0 Å². The fourth-order valence-corrected chi connectivity index (χ4v) is 1.20. The van der Waals surface area contributed by atoms with Crippen LogP contribution in [-0.2, 0) is 22.6 Å². The van der Waals surface area contributed by atoms with Crippen molar-refractivity contribution in [3.63, 3.8) is 0 Å². The number of carbonyl (C=O) groups is 1. The second kappa shape index (κ2) is 5.12. The highest BCUT2D eigenvalue weighted by molar-refractivity contribution is 5.69. The maximum Gasteiger partial charge on any atom is 0.325 e. The predicted octanol–water partition coefficient (Wildman–Crippen LogP) is 0.944. The van der Waals surface area contributed by atoms with Gasteiger partial charge in [-0.15, -0.1) is 0 Å². The molecule has 1 aromatic rings. The smallest absolute Gasteiger partial charge is 0.325 e. The number of hydrogen-bond acceptors (Lipinski definition) is 4. The summed E-state index contributed by atoms with van der Waals surface area (Å²) >= 11 is 0. The van der Waals surface area contributed by atoms with Gasteiger partial charge in [0, 0.05) is 18.3 Å². The molecule has 0 aromatic carbocycles. The van der Waals surface area contributed by atoms with Crippen molar-refractivity contribution in [1.82, 2.24) is 14.9 Å². The minimum Gasteiger partial charge on any atom is -0.468 e. The molecule has 0 atom stereocenters. The largest absolute Gasteiger partial charge is 0.468 e. The Hall–Kier alpha value is -1.36. The Morgan fingerprint density at radius 1 is 1.56 bits per heavy atom. The molecule has 0 saturated carbocycles. The number of nitrogens with zero attached hydrogens (tertiary/aromatic N) is 2. The van der Waals surface area contributed by atoms with Gasteiger partial charge in [0.05, 0.1) is 19.1 Å². The lowest BCUT2D eigenvalue weighted by Gasteiger charge is -2.20. The number of aromatic nitrogens is 2. The fraction of sp³-hybridized carbons (Fsp3) is 0.636. The topological polar surface area (TPSA) is 56.2 Å². The van der Waals surface area contributed by atoms with Gasteiger partial charge in [0.25, 0.3) is 0 Å². The van der Waals surface area contributed by atoms with Crippen molar-refractivity contribution in [1.29, 1.82) is 0 Å². The van der Waals surface area contributed by atoms with E-state index >= 15 is 0 Å². The Morgan fingerprint density at radius 2 is 2.25 bits per heavy atom. The summed E-state index contributed by atoms with van der Waals surface area (Å²) in [6.45, 7) is 7.16. The summed E-state index contributed by atoms with van der Waals surface area (Å²) in [4.78, 5) is 15.2. The van der Waals surface area contributed by atoms with E-state index < -0.39 is 0 Å². The van der Waals surface area contributed by atoms with Crippen LogP contribution < -0.4 is 5.32 Å². The van der Waals surface area contributed by atoms with Gasteiger partial charge in [0.1, 0.15) is 6.54 Å². The molecule has 0 amide bonds. The summed E-state index contributed by atoms with van der Waals surface area (Å²) in [5, 5.41) is 3.34. The second-order valence-corrected chi connectivity index (χ2v) is 4.69. The van der Waals surface area contributed by atoms with E-state index in [1.807, 2.05) is 0 Å². The molecule has 90 valence electrons. The van der Waals surface area contributed by atoms with E-state index in [0.29, 0.717) is 6.54 Å². The first-order valence-electron chi connectivity index (χ1n) is 5.23. The number of esters is 1. The molecule has 0 radical (unpaired) electrons. The zero-order valence-electron chi connectivity index (χ0n) is 10.3. The molecular weight excluding hydrogens is 206 g/mol. The fourth-order valence-electron chi connectivity index (χ4n) is 1.20. The maximum atomic E-state index is 11.1. The molecule has 1 rings (SSSR count). The van der Waals surface area contributed by atoms with Crippen LogP contribution in [0.3, 0.4) is 0 Å². The number of rotatable bonds is 4. The lowest BCUT2D eigenvalue weighted by Crippen LogP contribution is -2.35. The minimum absolute atomic E-state index is 0.0420. The van der Waals surface area contributed by atoms with Crippen molar-refractivity contribution in [3.8, 4) is 0 Å². The number of imidazole rings is 1. The zero-order valence-corrected chi connectivity index (χ0v) is 10.3. The lowest BCUT2D eigenvalue weighted by molar-refractivity contribution is -0.141. The summed E-state index contributed by atoms with van der Waals surface area (Å²) in [7, 11) is 1.38. The Kier molecular flexibility index (Phi) is 4.06. The first-order chi connectivity index (χ1) is 7.42. The number of hydrogen-bond donors (Lipinski definition) is 1. The molecular formula is C11H19N3O2. The van der Waals surface area contributed by atoms with Gasteiger partial charge in [-0.25, -0.2) is 4.98 Å². The van der Waals surface area contributed by atoms with E-state index in [-0.39, 0.29) is 18.1 Å². The van der Waals surface area contributed by atoms with Crippen LogP contribution in [-0.4, -0.2) is 28.2 Å². The first kappa shape index (κ1) is 12.7. The Bertz CT molecular complexity index is 352. The summed E-state index contributed by atoms with van der Waals surface area (Å²) in [5.74, 6) is -0.269. The Labute approximate surface area is 95.8 Å². The van der Waals surface area contributed by atoms with Crippen molar-refractivity contribution in [2.24, 2.45) is 0 Å². The van der Waals surface area contributed by atoms with E-state index in [4.69, 9.17) is 0 Å². The molecule has 0 aliphatic rings. The van der Waals surface area contributed by atoms with Crippen LogP contribution in [0.4, 0.5) is 0 Å². The third-order valence-corrected chi connectivity index (χ3v) is 2.13. The van der Waals surface area contributed by atoms with Gasteiger partial charge in [-0.3, -0.25) is 4.79 Å². The van der Waals surface area contributed by atoms with Crippen LogP contribution in [0.1, 0.15) is 26.5 Å². The third kappa shape index (κ3) is 4.02. The number of carbonyl (C=O) groups excluding carboxylic acids is 1. The maximum absolute atomic E-state index is 11.1. The average molecular weight is 225 g/mol. The number of methoxy groups -OCH3 is 1. The molecule has 0 fully saturated rings. The van der Waals surface area contributed by atoms with Crippen LogP contribution >= 0.6 is 0 Å². The highest BCUT2D eigenvalue weighted by Crippen LogP contribution is 2.04. The third-order valence-electron chi connectivity index (χ3n) is 2.13. The molecule has 1 aromatic heterocycles. The second-order valence-electron chi connectivity index (χ2n) is 4.69. The van der Waals surface area contributed by atoms with Gasteiger partial charge in [-0.05, 0) is 20.8 Å². The highest BCUT2D eigenvalue weighted by Gasteiger charge is 2.11. The standard InChI is InChI=1S/C11H19N3O2/c1-11(2,3)13-6-9-5-12-8-14(9)7-10(15)16-4/h5,8,13H,6-7H2,1-4H3. The van der Waals surface area contributed by atoms with E-state index in [9.17, 15) is 4.79 Å². The van der Waals surface area contributed by atoms with Crippen molar-refractivity contribution in [3.05, 3.63) is 18.2 Å². The summed E-state index contributed by atoms with van der Waals surface area (Å²) in [6.07, 6.45) is 3.39. The summed E-state index contributed by atoms with van der Waals surface area (Å²) in [5.41, 5.74) is 1.01. The molecule has 0 aliphatic heterocycles. The van der Waals surface area contributed by atoms with Gasteiger partial charge in [0.2, 0.25) is 0 Å². The van der Waals surface area contributed by atoms with Gasteiger partial charge in [0.15, 0.2) is 0 Å². The summed E-state index contributed by atoms with van der Waals surface area (Å²) in [6, 6.07) is 0. The lowest BCUT2D eigenvalue weighted by atomic mass is 10.1. The van der Waals surface area contributed by atoms with E-state index in [1.54, 1.807) is 17.1 Å². The molecule has 5 nitrogen and oxygen atoms in total. The number of ether oxygens (including phenoxy) is 1. The van der Waals surface area contributed by atoms with Crippen LogP contribution in [0.5, 0.6) is 0 Å². The molecule has 16 heavy (non-hydrogen) atoms. The SMILES string of the molecule is COC(=O)Cn1cncc1CNC(C)(C)C. The molecule has 0 aliphatic carbocycles. The first-order valence-corrected chi connectivity index (χ1v) is 5.23. The average Bonchev–Trinajstić information content (AvgIpc) is 2.61. The minimum atomic E-state index is -0.269. The molecule has 1 heterocycles. The van der Waals surface area contributed by atoms with Crippen molar-refractivity contribution >= 4 is 5.97 Å². The molecule has 0 unspecified atom stereocenters. The van der Waals surface area contributed by atoms with Gasteiger partial charge < -0.3 is 14.6 Å². The predicted molar refractivity (Wildman–Crippen MR) is 60.8 cm³/mol. The van der Waals surface area contributed by atoms with Crippen molar-refractivity contribution in [2.45, 2.75) is 39.4 Å². The van der Waals surface area contributed by atoms with Crippen LogP contribution in [0.25, 0.3) is 0 Å². The van der Waals surface area contributed by atoms with E-state index in [2.05, 4.69) is 35.8 Å². The molecule has 0 saturated heterocycles. The van der Waals surface area contributed by atoms with E-state index in [1.165, 1.54) is 7.11 Å². The highest BCUT2D eigenvalue weighted by atomic mass is 16.5. The molecule has 1 N–H and O–H groups in total. The van der Waals surface area contributed by atoms with Crippen LogP contribution in [0.2, 0.25) is 0 Å². The monoisotopic (exact) mass is 225 g/mol. The Balaban J connectivity index is 2.60. The summed E-state index contributed by atoms with van der Waals surface area (Å²) < 4.78 is 6.40. The molecule has 0 bridgehead atoms.